The molecule has 32 heavy (non-hydrogen) atoms. The largest absolute Gasteiger partial charge is 0.478 e. The summed E-state index contributed by atoms with van der Waals surface area (Å²) < 4.78 is 0. The first kappa shape index (κ1) is 21.4. The van der Waals surface area contributed by atoms with Crippen molar-refractivity contribution in [1.82, 2.24) is 4.90 Å². The van der Waals surface area contributed by atoms with Crippen LogP contribution in [0.4, 0.5) is 0 Å². The highest BCUT2D eigenvalue weighted by molar-refractivity contribution is 5.90. The number of likely N-dealkylation sites (N-methyl/N-ethyl adjacent to an activating group) is 1. The van der Waals surface area contributed by atoms with Gasteiger partial charge in [0.25, 0.3) is 0 Å². The molecule has 2 unspecified atom stereocenters. The highest BCUT2D eigenvalue weighted by atomic mass is 16.4. The second-order valence-electron chi connectivity index (χ2n) is 10.9. The first-order valence-corrected chi connectivity index (χ1v) is 11.8. The summed E-state index contributed by atoms with van der Waals surface area (Å²) in [6.45, 7) is 4.57. The number of carbonyl (C=O) groups is 2. The first-order chi connectivity index (χ1) is 15.1. The van der Waals surface area contributed by atoms with Gasteiger partial charge < -0.3 is 15.1 Å². The van der Waals surface area contributed by atoms with Crippen molar-refractivity contribution in [3.63, 3.8) is 0 Å². The molecule has 7 atom stereocenters. The van der Waals surface area contributed by atoms with E-state index in [1.165, 1.54) is 5.57 Å². The van der Waals surface area contributed by atoms with Gasteiger partial charge in [0, 0.05) is 12.5 Å². The number of nitrogens with zero attached hydrogens (tertiary/aromatic N) is 1. The Morgan fingerprint density at radius 3 is 2.72 bits per heavy atom. The van der Waals surface area contributed by atoms with Crippen LogP contribution in [0.2, 0.25) is 0 Å². The van der Waals surface area contributed by atoms with Crippen LogP contribution in [0.15, 0.2) is 42.0 Å². The Labute approximate surface area is 189 Å². The van der Waals surface area contributed by atoms with Crippen LogP contribution in [-0.2, 0) is 4.79 Å². The molecule has 1 heterocycles. The summed E-state index contributed by atoms with van der Waals surface area (Å²) in [6, 6.07) is 7.00. The van der Waals surface area contributed by atoms with Crippen molar-refractivity contribution in [2.75, 3.05) is 7.05 Å². The fraction of sp³-hybridized carbons (Fsp3) is 0.556. The van der Waals surface area contributed by atoms with Crippen LogP contribution in [0.3, 0.4) is 0 Å². The number of aliphatic hydroxyl groups excluding tert-OH is 1. The summed E-state index contributed by atoms with van der Waals surface area (Å²) in [4.78, 5) is 26.0. The Kier molecular flexibility index (Phi) is 4.90. The third kappa shape index (κ3) is 3.01. The highest BCUT2D eigenvalue weighted by Gasteiger charge is 2.61. The lowest BCUT2D eigenvalue weighted by atomic mass is 9.47. The van der Waals surface area contributed by atoms with Gasteiger partial charge in [-0.05, 0) is 84.6 Å². The molecule has 1 aromatic rings. The van der Waals surface area contributed by atoms with Crippen LogP contribution in [-0.4, -0.2) is 46.2 Å². The maximum atomic E-state index is 12.7. The fourth-order valence-corrected chi connectivity index (χ4v) is 7.79. The number of rotatable bonds is 2. The van der Waals surface area contributed by atoms with Crippen LogP contribution in [0.5, 0.6) is 0 Å². The number of carboxylic acid groups (broad SMARTS) is 1. The van der Waals surface area contributed by atoms with Gasteiger partial charge in [-0.3, -0.25) is 4.79 Å². The van der Waals surface area contributed by atoms with Crippen LogP contribution in [0.1, 0.15) is 61.9 Å². The maximum absolute atomic E-state index is 12.7. The molecule has 1 amide bonds. The molecule has 0 radical (unpaired) electrons. The minimum absolute atomic E-state index is 0.0213. The molecule has 0 saturated heterocycles. The standard InChI is InChI=1S/C27H33NO4/c1-26-11-9-21-19(20(26)7-8-22(26)29)15-18(14-16-5-4-6-17(13-16)25(31)32)24-27(21,2)12-10-23(30)28(24)3/h4-6,10,12-14,19-22,24,29H,7-9,11,15H2,1-3H3,(H,31,32)/t19-,20-,21+,22?,24?,26-,27+/m0/s1. The number of carboxylic acids is 1. The van der Waals surface area contributed by atoms with Crippen LogP contribution >= 0.6 is 0 Å². The topological polar surface area (TPSA) is 77.8 Å². The summed E-state index contributed by atoms with van der Waals surface area (Å²) >= 11 is 0. The first-order valence-electron chi connectivity index (χ1n) is 11.8. The number of fused-ring (bicyclic) bond motifs is 5. The third-order valence-corrected chi connectivity index (χ3v) is 9.40. The summed E-state index contributed by atoms with van der Waals surface area (Å²) in [7, 11) is 1.89. The Morgan fingerprint density at radius 2 is 1.97 bits per heavy atom. The van der Waals surface area contributed by atoms with E-state index in [0.717, 1.165) is 37.7 Å². The molecule has 3 saturated carbocycles. The third-order valence-electron chi connectivity index (χ3n) is 9.40. The van der Waals surface area contributed by atoms with Gasteiger partial charge in [-0.1, -0.05) is 38.1 Å². The molecule has 5 nitrogen and oxygen atoms in total. The predicted octanol–water partition coefficient (Wildman–Crippen LogP) is 4.38. The number of hydrogen-bond acceptors (Lipinski definition) is 3. The van der Waals surface area contributed by atoms with Crippen molar-refractivity contribution in [2.24, 2.45) is 28.6 Å². The molecule has 2 N–H and O–H groups in total. The number of aliphatic hydroxyl groups is 1. The van der Waals surface area contributed by atoms with Gasteiger partial charge >= 0.3 is 5.97 Å². The predicted molar refractivity (Wildman–Crippen MR) is 123 cm³/mol. The van der Waals surface area contributed by atoms with E-state index < -0.39 is 5.97 Å². The van der Waals surface area contributed by atoms with Gasteiger partial charge in [-0.2, -0.15) is 0 Å². The van der Waals surface area contributed by atoms with Gasteiger partial charge in [0.05, 0.1) is 17.7 Å². The second-order valence-corrected chi connectivity index (χ2v) is 10.9. The van der Waals surface area contributed by atoms with Crippen molar-refractivity contribution in [2.45, 2.75) is 58.1 Å². The summed E-state index contributed by atoms with van der Waals surface area (Å²) in [6.07, 6.45) is 10.7. The Morgan fingerprint density at radius 1 is 1.19 bits per heavy atom. The average Bonchev–Trinajstić information content (AvgIpc) is 3.06. The molecule has 3 fully saturated rings. The van der Waals surface area contributed by atoms with Crippen LogP contribution in [0.25, 0.3) is 6.08 Å². The zero-order valence-electron chi connectivity index (χ0n) is 19.1. The Hall–Kier alpha value is -2.40. The van der Waals surface area contributed by atoms with Crippen molar-refractivity contribution < 1.29 is 19.8 Å². The van der Waals surface area contributed by atoms with E-state index in [4.69, 9.17) is 0 Å². The minimum Gasteiger partial charge on any atom is -0.478 e. The van der Waals surface area contributed by atoms with Crippen molar-refractivity contribution in [3.05, 3.63) is 53.1 Å². The number of aromatic carboxylic acids is 1. The van der Waals surface area contributed by atoms with Crippen LogP contribution < -0.4 is 0 Å². The monoisotopic (exact) mass is 435 g/mol. The van der Waals surface area contributed by atoms with Crippen LogP contribution in [0, 0.1) is 28.6 Å². The molecule has 5 rings (SSSR count). The summed E-state index contributed by atoms with van der Waals surface area (Å²) in [5.41, 5.74) is 2.13. The van der Waals surface area contributed by atoms with E-state index in [9.17, 15) is 19.8 Å². The number of hydrogen-bond donors (Lipinski definition) is 2. The van der Waals surface area contributed by atoms with E-state index in [1.807, 2.05) is 18.0 Å². The summed E-state index contributed by atoms with van der Waals surface area (Å²) in [5.74, 6) is 0.472. The Bertz CT molecular complexity index is 1030. The SMILES string of the molecule is CN1C(=O)C=C[C@@]2(C)C1C(=Cc1cccc(C(=O)O)c1)C[C@@H]1[C@H]2CC[C@]2(C)C(O)CC[C@@H]12. The molecule has 3 aliphatic carbocycles. The lowest BCUT2D eigenvalue weighted by Crippen LogP contribution is -2.60. The number of benzene rings is 1. The molecule has 0 bridgehead atoms. The molecular weight excluding hydrogens is 402 g/mol. The molecule has 170 valence electrons. The van der Waals surface area contributed by atoms with Crippen molar-refractivity contribution >= 4 is 18.0 Å². The lowest BCUT2D eigenvalue weighted by Gasteiger charge is -2.60. The zero-order valence-corrected chi connectivity index (χ0v) is 19.1. The highest BCUT2D eigenvalue weighted by Crippen LogP contribution is 2.64. The molecule has 0 aromatic heterocycles. The van der Waals surface area contributed by atoms with E-state index in [0.29, 0.717) is 17.8 Å². The molecule has 4 aliphatic rings. The maximum Gasteiger partial charge on any atom is 0.335 e. The summed E-state index contributed by atoms with van der Waals surface area (Å²) in [5, 5.41) is 20.2. The molecule has 1 aliphatic heterocycles. The normalized spacial score (nSPS) is 41.9. The Balaban J connectivity index is 1.62. The quantitative estimate of drug-likeness (QED) is 0.723. The fourth-order valence-electron chi connectivity index (χ4n) is 7.79. The van der Waals surface area contributed by atoms with Gasteiger partial charge in [0.15, 0.2) is 0 Å². The van der Waals surface area contributed by atoms with E-state index >= 15 is 0 Å². The smallest absolute Gasteiger partial charge is 0.335 e. The van der Waals surface area contributed by atoms with Gasteiger partial charge in [-0.25, -0.2) is 4.79 Å². The molecule has 0 spiro atoms. The number of carbonyl (C=O) groups excluding carboxylic acids is 1. The average molecular weight is 436 g/mol. The molecular formula is C27H33NO4. The van der Waals surface area contributed by atoms with Crippen molar-refractivity contribution in [3.8, 4) is 0 Å². The van der Waals surface area contributed by atoms with Gasteiger partial charge in [-0.15, -0.1) is 0 Å². The lowest BCUT2D eigenvalue weighted by molar-refractivity contribution is -0.135. The second kappa shape index (κ2) is 7.31. The van der Waals surface area contributed by atoms with Crippen molar-refractivity contribution in [1.29, 1.82) is 0 Å². The van der Waals surface area contributed by atoms with Gasteiger partial charge in [0.1, 0.15) is 0 Å². The molecule has 1 aromatic carbocycles. The number of amides is 1. The van der Waals surface area contributed by atoms with E-state index in [1.54, 1.807) is 24.3 Å². The molecule has 5 heteroatoms. The zero-order chi connectivity index (χ0) is 22.8. The van der Waals surface area contributed by atoms with E-state index in [2.05, 4.69) is 26.0 Å². The van der Waals surface area contributed by atoms with Gasteiger partial charge in [0.2, 0.25) is 5.91 Å². The van der Waals surface area contributed by atoms with E-state index in [-0.39, 0.29) is 34.4 Å². The minimum atomic E-state index is -0.935.